The second-order valence-corrected chi connectivity index (χ2v) is 6.64. The maximum atomic E-state index is 12.9. The number of halogens is 1. The molecule has 1 N–H and O–H groups in total. The molecule has 7 heteroatoms. The minimum absolute atomic E-state index is 0.244. The van der Waals surface area contributed by atoms with Crippen LogP contribution in [0.2, 0.25) is 5.02 Å². The average Bonchev–Trinajstić information content (AvgIpc) is 3.10. The fourth-order valence-electron chi connectivity index (χ4n) is 3.02. The number of nitrogens with zero attached hydrogens (tertiary/aromatic N) is 4. The number of aromatic nitrogens is 4. The van der Waals surface area contributed by atoms with E-state index in [2.05, 4.69) is 27.6 Å². The van der Waals surface area contributed by atoms with Crippen LogP contribution in [0.15, 0.2) is 65.7 Å². The van der Waals surface area contributed by atoms with Gasteiger partial charge >= 0.3 is 5.56 Å². The third-order valence-electron chi connectivity index (χ3n) is 4.51. The second kappa shape index (κ2) is 7.25. The van der Waals surface area contributed by atoms with Gasteiger partial charge in [-0.3, -0.25) is 13.8 Å². The van der Waals surface area contributed by atoms with E-state index in [1.807, 2.05) is 37.3 Å². The van der Waals surface area contributed by atoms with Gasteiger partial charge in [0.2, 0.25) is 11.6 Å². The van der Waals surface area contributed by atoms with E-state index in [1.54, 1.807) is 27.4 Å². The van der Waals surface area contributed by atoms with E-state index >= 15 is 0 Å². The molecule has 0 spiro atoms. The summed E-state index contributed by atoms with van der Waals surface area (Å²) in [5.41, 5.74) is 2.83. The van der Waals surface area contributed by atoms with Gasteiger partial charge in [0, 0.05) is 24.0 Å². The van der Waals surface area contributed by atoms with Gasteiger partial charge < -0.3 is 5.32 Å². The minimum atomic E-state index is -0.244. The van der Waals surface area contributed by atoms with Crippen LogP contribution >= 0.6 is 11.6 Å². The van der Waals surface area contributed by atoms with Gasteiger partial charge in [0.05, 0.1) is 5.69 Å². The van der Waals surface area contributed by atoms with Gasteiger partial charge in [0.25, 0.3) is 0 Å². The van der Waals surface area contributed by atoms with Crippen LogP contribution in [0.1, 0.15) is 11.1 Å². The molecule has 0 aliphatic heterocycles. The Morgan fingerprint density at radius 2 is 1.85 bits per heavy atom. The lowest BCUT2D eigenvalue weighted by Crippen LogP contribution is -2.21. The van der Waals surface area contributed by atoms with E-state index in [-0.39, 0.29) is 11.2 Å². The third kappa shape index (κ3) is 3.31. The van der Waals surface area contributed by atoms with Crippen LogP contribution in [-0.4, -0.2) is 25.7 Å². The van der Waals surface area contributed by atoms with E-state index in [1.165, 1.54) is 5.56 Å². The molecule has 0 amide bonds. The average molecular weight is 380 g/mol. The summed E-state index contributed by atoms with van der Waals surface area (Å²) in [6.07, 6.45) is 4.34. The predicted molar refractivity (Wildman–Crippen MR) is 107 cm³/mol. The minimum Gasteiger partial charge on any atom is -0.354 e. The van der Waals surface area contributed by atoms with Crippen LogP contribution in [0.5, 0.6) is 0 Å². The Morgan fingerprint density at radius 1 is 1.04 bits per heavy atom. The van der Waals surface area contributed by atoms with Crippen molar-refractivity contribution in [3.8, 4) is 5.69 Å². The Balaban J connectivity index is 1.62. The number of rotatable bonds is 5. The number of anilines is 1. The fraction of sp³-hybridized carbons (Fsp3) is 0.150. The van der Waals surface area contributed by atoms with E-state index in [4.69, 9.17) is 11.6 Å². The van der Waals surface area contributed by atoms with Crippen LogP contribution in [0.25, 0.3) is 11.3 Å². The maximum Gasteiger partial charge on any atom is 0.300 e. The molecule has 0 aliphatic rings. The third-order valence-corrected chi connectivity index (χ3v) is 4.92. The van der Waals surface area contributed by atoms with Crippen LogP contribution < -0.4 is 10.9 Å². The lowest BCUT2D eigenvalue weighted by atomic mass is 10.1. The second-order valence-electron chi connectivity index (χ2n) is 6.24. The standard InChI is InChI=1S/C20H18ClN5O/c1-14-16(21)8-5-9-17(14)25-12-13-26-18(19(25)27)23-24-20(26)22-11-10-15-6-3-2-4-7-15/h2-9,12-13H,10-11H2,1H3,(H,22,24). The molecule has 136 valence electrons. The van der Waals surface area contributed by atoms with Crippen molar-refractivity contribution in [1.82, 2.24) is 19.2 Å². The number of hydrogen-bond donors (Lipinski definition) is 1. The van der Waals surface area contributed by atoms with Crippen LogP contribution in [0.3, 0.4) is 0 Å². The van der Waals surface area contributed by atoms with Gasteiger partial charge in [0.15, 0.2) is 0 Å². The first-order valence-electron chi connectivity index (χ1n) is 8.65. The number of fused-ring (bicyclic) bond motifs is 1. The largest absolute Gasteiger partial charge is 0.354 e. The Kier molecular flexibility index (Phi) is 4.64. The van der Waals surface area contributed by atoms with E-state index in [0.29, 0.717) is 17.5 Å². The fourth-order valence-corrected chi connectivity index (χ4v) is 3.19. The summed E-state index contributed by atoms with van der Waals surface area (Å²) in [6, 6.07) is 15.7. The Hall–Kier alpha value is -3.12. The van der Waals surface area contributed by atoms with Crippen molar-refractivity contribution in [2.24, 2.45) is 0 Å². The van der Waals surface area contributed by atoms with Crippen molar-refractivity contribution >= 4 is 23.2 Å². The summed E-state index contributed by atoms with van der Waals surface area (Å²) >= 11 is 6.19. The molecule has 0 fully saturated rings. The maximum absolute atomic E-state index is 12.9. The summed E-state index contributed by atoms with van der Waals surface area (Å²) < 4.78 is 3.21. The van der Waals surface area contributed by atoms with Gasteiger partial charge in [0.1, 0.15) is 0 Å². The highest BCUT2D eigenvalue weighted by atomic mass is 35.5. The van der Waals surface area contributed by atoms with Crippen molar-refractivity contribution < 1.29 is 0 Å². The quantitative estimate of drug-likeness (QED) is 0.576. The highest BCUT2D eigenvalue weighted by Gasteiger charge is 2.13. The zero-order valence-electron chi connectivity index (χ0n) is 14.8. The van der Waals surface area contributed by atoms with E-state index in [9.17, 15) is 4.79 Å². The molecule has 4 aromatic rings. The summed E-state index contributed by atoms with van der Waals surface area (Å²) in [5, 5.41) is 12.0. The molecular formula is C20H18ClN5O. The molecule has 0 saturated carbocycles. The molecular weight excluding hydrogens is 362 g/mol. The first-order chi connectivity index (χ1) is 13.1. The van der Waals surface area contributed by atoms with Gasteiger partial charge in [-0.05, 0) is 36.6 Å². The summed E-state index contributed by atoms with van der Waals surface area (Å²) in [7, 11) is 0. The first kappa shape index (κ1) is 17.3. The molecule has 0 unspecified atom stereocenters. The molecule has 6 nitrogen and oxygen atoms in total. The highest BCUT2D eigenvalue weighted by molar-refractivity contribution is 6.31. The summed E-state index contributed by atoms with van der Waals surface area (Å²) in [6.45, 7) is 2.58. The molecule has 2 heterocycles. The zero-order chi connectivity index (χ0) is 18.8. The summed E-state index contributed by atoms with van der Waals surface area (Å²) in [5.74, 6) is 0.549. The Bertz CT molecular complexity index is 1150. The molecule has 0 radical (unpaired) electrons. The lowest BCUT2D eigenvalue weighted by Gasteiger charge is -2.10. The van der Waals surface area contributed by atoms with E-state index < -0.39 is 0 Å². The number of hydrogen-bond acceptors (Lipinski definition) is 4. The van der Waals surface area contributed by atoms with Gasteiger partial charge in [-0.25, -0.2) is 0 Å². The molecule has 0 bridgehead atoms. The van der Waals surface area contributed by atoms with Crippen molar-refractivity contribution in [2.45, 2.75) is 13.3 Å². The monoisotopic (exact) mass is 379 g/mol. The van der Waals surface area contributed by atoms with Crippen LogP contribution in [0.4, 0.5) is 5.95 Å². The summed E-state index contributed by atoms with van der Waals surface area (Å²) in [4.78, 5) is 12.9. The Morgan fingerprint density at radius 3 is 2.67 bits per heavy atom. The normalized spacial score (nSPS) is 11.0. The first-order valence-corrected chi connectivity index (χ1v) is 9.02. The van der Waals surface area contributed by atoms with Gasteiger partial charge in [-0.2, -0.15) is 0 Å². The van der Waals surface area contributed by atoms with Crippen molar-refractivity contribution in [3.63, 3.8) is 0 Å². The van der Waals surface area contributed by atoms with Crippen LogP contribution in [0, 0.1) is 6.92 Å². The van der Waals surface area contributed by atoms with Crippen LogP contribution in [-0.2, 0) is 6.42 Å². The van der Waals surface area contributed by atoms with Gasteiger partial charge in [-0.1, -0.05) is 48.0 Å². The lowest BCUT2D eigenvalue weighted by molar-refractivity contribution is 0.934. The number of benzene rings is 2. The topological polar surface area (TPSA) is 64.2 Å². The molecule has 4 rings (SSSR count). The molecule has 0 atom stereocenters. The molecule has 0 aliphatic carbocycles. The van der Waals surface area contributed by atoms with Crippen molar-refractivity contribution in [1.29, 1.82) is 0 Å². The molecule has 2 aromatic carbocycles. The van der Waals surface area contributed by atoms with E-state index in [0.717, 1.165) is 17.7 Å². The van der Waals surface area contributed by atoms with Crippen molar-refractivity contribution in [3.05, 3.63) is 87.4 Å². The Labute approximate surface area is 161 Å². The van der Waals surface area contributed by atoms with Crippen molar-refractivity contribution in [2.75, 3.05) is 11.9 Å². The molecule has 2 aromatic heterocycles. The molecule has 0 saturated heterocycles. The number of nitrogens with one attached hydrogen (secondary N) is 1. The van der Waals surface area contributed by atoms with Gasteiger partial charge in [-0.15, -0.1) is 10.2 Å². The SMILES string of the molecule is Cc1c(Cl)cccc1-n1ccn2c(NCCc3ccccc3)nnc2c1=O. The highest BCUT2D eigenvalue weighted by Crippen LogP contribution is 2.21. The smallest absolute Gasteiger partial charge is 0.300 e. The zero-order valence-corrected chi connectivity index (χ0v) is 15.5. The molecule has 27 heavy (non-hydrogen) atoms. The predicted octanol–water partition coefficient (Wildman–Crippen LogP) is 3.50.